The van der Waals surface area contributed by atoms with Crippen molar-refractivity contribution in [2.24, 2.45) is 0 Å². The molecule has 0 spiro atoms. The van der Waals surface area contributed by atoms with Crippen LogP contribution >= 0.6 is 0 Å². The number of rotatable bonds is 0. The summed E-state index contributed by atoms with van der Waals surface area (Å²) >= 11 is 0. The molecule has 0 fully saturated rings. The standard InChI is InChI=1S/C110H86N12/c1-105(2,3)49-31-61-87-67(37-49)99-100(68-38-50(106(4,5)6)32-62(88(68)87)94-93(61)111-73-25-19-20-26-74(73)112-94)118-80-44-56-55(43-79(80)117-99)85-57-45-81-83(121-103-71-41-53(109(13,14)15)35-65-91(71)89-63(33-51(107(7,8)9)39-69(89)101(103)119-81)95-97(65)115-77-29-23-21-27-75(77)113-95)47-59(57)86(56)60-48-84-82(46-58(60)85)120-102-70-40-52(108(10,11)12)34-64-90(70)92-66(36-54(110(16,17)18)42-72(92)104(102)122-84)98-96(64)114-76-28-22-24-30-78(76)116-98/h19-48,85-86H,1-18H3. The minimum Gasteiger partial charge on any atom is -0.244 e. The van der Waals surface area contributed by atoms with E-state index in [1.54, 1.807) is 0 Å². The lowest BCUT2D eigenvalue weighted by molar-refractivity contribution is 0.591. The molecule has 586 valence electrons. The van der Waals surface area contributed by atoms with Gasteiger partial charge in [0.2, 0.25) is 0 Å². The van der Waals surface area contributed by atoms with Gasteiger partial charge in [-0.1, -0.05) is 161 Å². The van der Waals surface area contributed by atoms with Crippen LogP contribution in [0.3, 0.4) is 0 Å². The van der Waals surface area contributed by atoms with Crippen LogP contribution in [0, 0.1) is 0 Å². The van der Waals surface area contributed by atoms with Gasteiger partial charge in [0, 0.05) is 109 Å². The summed E-state index contributed by atoms with van der Waals surface area (Å²) in [4.78, 5) is 69.9. The molecule has 24 aromatic rings. The second-order valence-corrected chi connectivity index (χ2v) is 41.9. The Balaban J connectivity index is 0.789. The predicted molar refractivity (Wildman–Crippen MR) is 508 cm³/mol. The van der Waals surface area contributed by atoms with Crippen LogP contribution in [0.1, 0.15) is 203 Å². The lowest BCUT2D eigenvalue weighted by atomic mass is 9.61. The van der Waals surface area contributed by atoms with Crippen LogP contribution in [0.4, 0.5) is 0 Å². The molecule has 18 aromatic carbocycles. The highest BCUT2D eigenvalue weighted by molar-refractivity contribution is 6.42. The van der Waals surface area contributed by atoms with Crippen molar-refractivity contribution in [3.05, 3.63) is 249 Å². The van der Waals surface area contributed by atoms with Crippen molar-refractivity contribution >= 4 is 229 Å². The van der Waals surface area contributed by atoms with Gasteiger partial charge < -0.3 is 0 Å². The maximum absolute atomic E-state index is 6.08. The first kappa shape index (κ1) is 70.5. The van der Waals surface area contributed by atoms with Crippen LogP contribution in [0.2, 0.25) is 0 Å². The van der Waals surface area contributed by atoms with E-state index in [1.165, 1.54) is 66.8 Å². The third-order valence-corrected chi connectivity index (χ3v) is 28.0. The van der Waals surface area contributed by atoms with Crippen molar-refractivity contribution in [2.75, 3.05) is 0 Å². The van der Waals surface area contributed by atoms with Crippen molar-refractivity contribution < 1.29 is 0 Å². The molecular formula is C110H86N12. The van der Waals surface area contributed by atoms with E-state index in [0.29, 0.717) is 0 Å². The average Bonchev–Trinajstić information content (AvgIpc) is 0.676. The summed E-state index contributed by atoms with van der Waals surface area (Å²) in [7, 11) is 0. The third-order valence-electron chi connectivity index (χ3n) is 28.0. The molecule has 27 rings (SSSR count). The zero-order valence-corrected chi connectivity index (χ0v) is 71.8. The average molecular weight is 1580 g/mol. The SMILES string of the molecule is CC(C)(C)c1cc2c3nc4ccccc4nc3c3cc(C(C)(C)C)cc4c5nc6cc7c(cc6nc5c(c1)c2c34)C1c2cc3nc4c5cc(C(C)(C)C)cc6c8nc9ccccc9nc8c8cc(C(C)(C)C)cc(c4nc3cc2C7c2cc3nc4c7cc(C(C)(C)C)cc9c%10nc%11ccccc%11nc%10c%10cc(C(C)(C)C)cc(c4nc3cc21)c%10c97)c8c65. The van der Waals surface area contributed by atoms with Crippen LogP contribution < -0.4 is 0 Å². The van der Waals surface area contributed by atoms with E-state index in [4.69, 9.17) is 59.8 Å². The first-order valence-corrected chi connectivity index (χ1v) is 43.2. The molecule has 3 aliphatic rings. The Bertz CT molecular complexity index is 7740. The van der Waals surface area contributed by atoms with Crippen molar-refractivity contribution in [1.82, 2.24) is 59.8 Å². The van der Waals surface area contributed by atoms with Crippen LogP contribution in [0.25, 0.3) is 229 Å². The van der Waals surface area contributed by atoms with Gasteiger partial charge in [0.25, 0.3) is 0 Å². The number of benzene rings is 18. The van der Waals surface area contributed by atoms with Gasteiger partial charge in [0.15, 0.2) is 0 Å². The topological polar surface area (TPSA) is 155 Å². The summed E-state index contributed by atoms with van der Waals surface area (Å²) in [5.74, 6) is -0.601. The minimum atomic E-state index is -0.301. The zero-order chi connectivity index (χ0) is 83.0. The first-order chi connectivity index (χ1) is 58.2. The smallest absolute Gasteiger partial charge is 0.0979 e. The van der Waals surface area contributed by atoms with Gasteiger partial charge in [0.1, 0.15) is 0 Å². The molecule has 3 aliphatic carbocycles. The maximum atomic E-state index is 6.08. The molecule has 2 bridgehead atoms. The van der Waals surface area contributed by atoms with E-state index in [1.807, 2.05) is 0 Å². The largest absolute Gasteiger partial charge is 0.244 e. The van der Waals surface area contributed by atoms with Gasteiger partial charge in [-0.2, -0.15) is 0 Å². The minimum absolute atomic E-state index is 0.231. The normalized spacial score (nSPS) is 15.3. The Morgan fingerprint density at radius 2 is 0.270 bits per heavy atom. The maximum Gasteiger partial charge on any atom is 0.0979 e. The van der Waals surface area contributed by atoms with E-state index in [9.17, 15) is 0 Å². The number of para-hydroxylation sites is 6. The molecular weight excluding hydrogens is 1490 g/mol. The van der Waals surface area contributed by atoms with E-state index in [-0.39, 0.29) is 44.3 Å². The summed E-state index contributed by atoms with van der Waals surface area (Å²) in [6.45, 7) is 41.5. The number of nitrogens with zero attached hydrogens (tertiary/aromatic N) is 12. The Hall–Kier alpha value is -13.3. The van der Waals surface area contributed by atoms with Crippen molar-refractivity contribution in [3.8, 4) is 0 Å². The van der Waals surface area contributed by atoms with Gasteiger partial charge in [-0.15, -0.1) is 0 Å². The molecule has 12 nitrogen and oxygen atoms in total. The van der Waals surface area contributed by atoms with E-state index < -0.39 is 0 Å². The molecule has 0 N–H and O–H groups in total. The van der Waals surface area contributed by atoms with Gasteiger partial charge in [-0.25, -0.2) is 59.8 Å². The molecule has 6 aromatic heterocycles. The zero-order valence-electron chi connectivity index (χ0n) is 71.8. The van der Waals surface area contributed by atoms with Crippen LogP contribution in [0.5, 0.6) is 0 Å². The second kappa shape index (κ2) is 22.6. The fourth-order valence-corrected chi connectivity index (χ4v) is 21.5. The summed E-state index contributed by atoms with van der Waals surface area (Å²) in [6, 6.07) is 68.0. The Morgan fingerprint density at radius 3 is 0.385 bits per heavy atom. The Labute approximate surface area is 702 Å². The van der Waals surface area contributed by atoms with Gasteiger partial charge in [0.05, 0.1) is 132 Å². The number of fused-ring (bicyclic) bond motifs is 24. The molecule has 0 radical (unpaired) electrons. The molecule has 0 saturated carbocycles. The van der Waals surface area contributed by atoms with Crippen molar-refractivity contribution in [3.63, 3.8) is 0 Å². The second-order valence-electron chi connectivity index (χ2n) is 41.9. The molecule has 0 atom stereocenters. The molecule has 0 saturated heterocycles. The lowest BCUT2D eigenvalue weighted by Crippen LogP contribution is -2.28. The third kappa shape index (κ3) is 9.42. The van der Waals surface area contributed by atoms with E-state index in [2.05, 4.69) is 307 Å². The van der Waals surface area contributed by atoms with Gasteiger partial charge in [-0.05, 0) is 245 Å². The van der Waals surface area contributed by atoms with Gasteiger partial charge >= 0.3 is 0 Å². The number of hydrogen-bond donors (Lipinski definition) is 0. The monoisotopic (exact) mass is 1570 g/mol. The molecule has 122 heavy (non-hydrogen) atoms. The fourth-order valence-electron chi connectivity index (χ4n) is 21.5. The first-order valence-electron chi connectivity index (χ1n) is 43.2. The molecule has 0 amide bonds. The highest BCUT2D eigenvalue weighted by Gasteiger charge is 2.44. The fraction of sp³-hybridized carbons (Fsp3) is 0.236. The predicted octanol–water partition coefficient (Wildman–Crippen LogP) is 27.7. The summed E-state index contributed by atoms with van der Waals surface area (Å²) in [5, 5.41) is 19.7. The molecule has 0 unspecified atom stereocenters. The Morgan fingerprint density at radius 1 is 0.156 bits per heavy atom. The highest BCUT2D eigenvalue weighted by Crippen LogP contribution is 2.60. The summed E-state index contributed by atoms with van der Waals surface area (Å²) < 4.78 is 0. The quantitative estimate of drug-likeness (QED) is 0.105. The van der Waals surface area contributed by atoms with E-state index in [0.717, 1.165) is 229 Å². The number of hydrogen-bond acceptors (Lipinski definition) is 12. The highest BCUT2D eigenvalue weighted by atomic mass is 14.9. The lowest BCUT2D eigenvalue weighted by Gasteiger charge is -2.42. The number of aromatic nitrogens is 12. The molecule has 12 heteroatoms. The van der Waals surface area contributed by atoms with Crippen molar-refractivity contribution in [1.29, 1.82) is 0 Å². The van der Waals surface area contributed by atoms with Crippen LogP contribution in [-0.4, -0.2) is 59.8 Å². The van der Waals surface area contributed by atoms with Crippen LogP contribution in [-0.2, 0) is 32.5 Å². The molecule has 6 heterocycles. The molecule has 0 aliphatic heterocycles. The summed E-state index contributed by atoms with van der Waals surface area (Å²) in [5.41, 5.74) is 33.7. The Kier molecular flexibility index (Phi) is 13.1. The van der Waals surface area contributed by atoms with E-state index >= 15 is 0 Å². The summed E-state index contributed by atoms with van der Waals surface area (Å²) in [6.07, 6.45) is 0. The van der Waals surface area contributed by atoms with Gasteiger partial charge in [-0.3, -0.25) is 0 Å². The van der Waals surface area contributed by atoms with Crippen molar-refractivity contribution in [2.45, 2.75) is 169 Å². The van der Waals surface area contributed by atoms with Crippen LogP contribution in [0.15, 0.2) is 182 Å².